The van der Waals surface area contributed by atoms with Crippen LogP contribution in [0.4, 0.5) is 10.6 Å². The minimum Gasteiger partial charge on any atom is -0.444 e. The van der Waals surface area contributed by atoms with Crippen LogP contribution in [0.5, 0.6) is 0 Å². The number of rotatable bonds is 4. The molecule has 2 aromatic rings. The molecular formula is C18H24ClN5O3. The molecule has 2 aromatic heterocycles. The van der Waals surface area contributed by atoms with Crippen LogP contribution in [0, 0.1) is 10.8 Å². The Bertz CT molecular complexity index is 837. The number of nitrogens with zero attached hydrogens (tertiary/aromatic N) is 4. The average molecular weight is 394 g/mol. The molecule has 0 unspecified atom stereocenters. The molecule has 1 saturated carbocycles. The van der Waals surface area contributed by atoms with E-state index in [0.29, 0.717) is 23.0 Å². The highest BCUT2D eigenvalue weighted by Gasteiger charge is 2.26. The largest absolute Gasteiger partial charge is 0.444 e. The van der Waals surface area contributed by atoms with Crippen molar-refractivity contribution in [1.82, 2.24) is 20.1 Å². The van der Waals surface area contributed by atoms with E-state index in [2.05, 4.69) is 20.6 Å². The molecule has 1 aliphatic rings. The predicted octanol–water partition coefficient (Wildman–Crippen LogP) is 4.57. The fourth-order valence-corrected chi connectivity index (χ4v) is 3.59. The second-order valence-corrected chi connectivity index (χ2v) is 8.37. The summed E-state index contributed by atoms with van der Waals surface area (Å²) >= 11 is 5.99. The van der Waals surface area contributed by atoms with E-state index in [0.717, 1.165) is 31.2 Å². The van der Waals surface area contributed by atoms with Crippen molar-refractivity contribution in [3.8, 4) is 0 Å². The van der Waals surface area contributed by atoms with Gasteiger partial charge in [-0.2, -0.15) is 0 Å². The molecule has 1 fully saturated rings. The summed E-state index contributed by atoms with van der Waals surface area (Å²) in [5, 5.41) is 11.2. The molecule has 1 N–H and O–H groups in total. The van der Waals surface area contributed by atoms with Crippen molar-refractivity contribution in [2.24, 2.45) is 11.1 Å². The lowest BCUT2D eigenvalue weighted by Gasteiger charge is -2.30. The van der Waals surface area contributed by atoms with Gasteiger partial charge in [-0.15, -0.1) is 10.0 Å². The molecule has 0 saturated heterocycles. The molecule has 0 aliphatic heterocycles. The minimum absolute atomic E-state index is 0.122. The number of pyridine rings is 1. The highest BCUT2D eigenvalue weighted by atomic mass is 35.5. The van der Waals surface area contributed by atoms with E-state index in [9.17, 15) is 9.70 Å². The number of alkyl carbamates (subject to hydrolysis) is 1. The van der Waals surface area contributed by atoms with Gasteiger partial charge in [0.25, 0.3) is 0 Å². The highest BCUT2D eigenvalue weighted by Crippen LogP contribution is 2.30. The number of fused-ring (bicyclic) bond motifs is 1. The summed E-state index contributed by atoms with van der Waals surface area (Å²) in [4.78, 5) is 26.9. The van der Waals surface area contributed by atoms with E-state index < -0.39 is 5.60 Å². The van der Waals surface area contributed by atoms with Crippen LogP contribution in [0.25, 0.3) is 10.9 Å². The third kappa shape index (κ3) is 4.94. The predicted molar refractivity (Wildman–Crippen MR) is 103 cm³/mol. The molecule has 3 rings (SSSR count). The highest BCUT2D eigenvalue weighted by molar-refractivity contribution is 6.30. The molecule has 0 spiro atoms. The van der Waals surface area contributed by atoms with Gasteiger partial charge < -0.3 is 10.1 Å². The normalized spacial score (nSPS) is 20.4. The van der Waals surface area contributed by atoms with Crippen LogP contribution < -0.4 is 5.32 Å². The average Bonchev–Trinajstić information content (AvgIpc) is 2.92. The number of nitrogens with one attached hydrogen (secondary N) is 1. The molecule has 9 heteroatoms. The standard InChI is InChI=1S/C18H24ClN5O3/c1-18(2,3)27-17(25)21-12-6-4-11(5-7-12)10-24-14-8-15(19)20-9-13(14)16(22-24)23-26/h8-9,11-12H,4-7,10H2,1-3H3,(H,21,25). The van der Waals surface area contributed by atoms with Crippen LogP contribution in [0.1, 0.15) is 46.5 Å². The Kier molecular flexibility index (Phi) is 5.64. The van der Waals surface area contributed by atoms with Crippen LogP contribution in [-0.2, 0) is 11.3 Å². The number of nitroso groups, excluding NO2 is 1. The zero-order valence-electron chi connectivity index (χ0n) is 15.7. The summed E-state index contributed by atoms with van der Waals surface area (Å²) in [7, 11) is 0. The Morgan fingerprint density at radius 1 is 1.37 bits per heavy atom. The summed E-state index contributed by atoms with van der Waals surface area (Å²) in [6, 6.07) is 1.82. The van der Waals surface area contributed by atoms with Crippen LogP contribution in [0.2, 0.25) is 5.15 Å². The number of halogens is 1. The zero-order valence-corrected chi connectivity index (χ0v) is 16.5. The van der Waals surface area contributed by atoms with Crippen LogP contribution in [-0.4, -0.2) is 32.5 Å². The number of aromatic nitrogens is 3. The molecule has 2 heterocycles. The molecule has 0 bridgehead atoms. The fourth-order valence-electron chi connectivity index (χ4n) is 3.44. The Hall–Kier alpha value is -2.22. The first-order valence-corrected chi connectivity index (χ1v) is 9.48. The number of carbonyl (C=O) groups excluding carboxylic acids is 1. The molecular weight excluding hydrogens is 370 g/mol. The van der Waals surface area contributed by atoms with Gasteiger partial charge in [0.15, 0.2) is 0 Å². The molecule has 146 valence electrons. The molecule has 0 aromatic carbocycles. The van der Waals surface area contributed by atoms with Crippen molar-refractivity contribution in [3.05, 3.63) is 22.3 Å². The van der Waals surface area contributed by atoms with Crippen molar-refractivity contribution >= 4 is 34.4 Å². The first kappa shape index (κ1) is 19.5. The SMILES string of the molecule is CC(C)(C)OC(=O)NC1CCC(Cn2nc(N=O)c3cnc(Cl)cc32)CC1. The summed E-state index contributed by atoms with van der Waals surface area (Å²) in [5.41, 5.74) is 0.265. The number of amides is 1. The maximum atomic E-state index is 11.9. The molecule has 8 nitrogen and oxygen atoms in total. The van der Waals surface area contributed by atoms with Crippen LogP contribution >= 0.6 is 11.6 Å². The van der Waals surface area contributed by atoms with E-state index in [1.165, 1.54) is 6.20 Å². The van der Waals surface area contributed by atoms with Crippen LogP contribution in [0.15, 0.2) is 17.4 Å². The first-order chi connectivity index (χ1) is 12.7. The Morgan fingerprint density at radius 3 is 2.70 bits per heavy atom. The van der Waals surface area contributed by atoms with Crippen molar-refractivity contribution in [2.45, 2.75) is 64.6 Å². The van der Waals surface area contributed by atoms with Gasteiger partial charge in [-0.1, -0.05) is 11.6 Å². The maximum Gasteiger partial charge on any atom is 0.407 e. The number of carbonyl (C=O) groups is 1. The number of ether oxygens (including phenoxy) is 1. The third-order valence-corrected chi connectivity index (χ3v) is 4.88. The van der Waals surface area contributed by atoms with Gasteiger partial charge in [-0.05, 0) is 57.5 Å². The van der Waals surface area contributed by atoms with E-state index in [-0.39, 0.29) is 18.0 Å². The summed E-state index contributed by atoms with van der Waals surface area (Å²) in [6.45, 7) is 6.22. The summed E-state index contributed by atoms with van der Waals surface area (Å²) in [6.07, 6.45) is 4.82. The second-order valence-electron chi connectivity index (χ2n) is 7.99. The lowest BCUT2D eigenvalue weighted by Crippen LogP contribution is -2.41. The van der Waals surface area contributed by atoms with Gasteiger partial charge in [-0.3, -0.25) is 4.68 Å². The second kappa shape index (κ2) is 7.80. The van der Waals surface area contributed by atoms with Gasteiger partial charge in [0.05, 0.1) is 10.9 Å². The lowest BCUT2D eigenvalue weighted by molar-refractivity contribution is 0.0486. The topological polar surface area (TPSA) is 98.5 Å². The van der Waals surface area contributed by atoms with Gasteiger partial charge in [0, 0.05) is 24.8 Å². The van der Waals surface area contributed by atoms with Gasteiger partial charge >= 0.3 is 6.09 Å². The Morgan fingerprint density at radius 2 is 2.07 bits per heavy atom. The van der Waals surface area contributed by atoms with Crippen molar-refractivity contribution in [3.63, 3.8) is 0 Å². The molecule has 0 atom stereocenters. The molecule has 1 aliphatic carbocycles. The lowest BCUT2D eigenvalue weighted by atomic mass is 9.86. The Labute approximate surface area is 162 Å². The molecule has 0 radical (unpaired) electrons. The first-order valence-electron chi connectivity index (χ1n) is 9.10. The number of hydrogen-bond acceptors (Lipinski definition) is 6. The van der Waals surface area contributed by atoms with E-state index in [1.807, 2.05) is 20.8 Å². The summed E-state index contributed by atoms with van der Waals surface area (Å²) < 4.78 is 7.10. The van der Waals surface area contributed by atoms with Gasteiger partial charge in [0.2, 0.25) is 5.82 Å². The maximum absolute atomic E-state index is 11.9. The Balaban J connectivity index is 1.60. The molecule has 27 heavy (non-hydrogen) atoms. The zero-order chi connectivity index (χ0) is 19.6. The third-order valence-electron chi connectivity index (χ3n) is 4.67. The van der Waals surface area contributed by atoms with Crippen molar-refractivity contribution in [1.29, 1.82) is 0 Å². The smallest absolute Gasteiger partial charge is 0.407 e. The monoisotopic (exact) mass is 393 g/mol. The van der Waals surface area contributed by atoms with Crippen molar-refractivity contribution < 1.29 is 9.53 Å². The molecule has 1 amide bonds. The van der Waals surface area contributed by atoms with Crippen LogP contribution in [0.3, 0.4) is 0 Å². The van der Waals surface area contributed by atoms with Crippen molar-refractivity contribution in [2.75, 3.05) is 0 Å². The van der Waals surface area contributed by atoms with Gasteiger partial charge in [-0.25, -0.2) is 9.78 Å². The number of hydrogen-bond donors (Lipinski definition) is 1. The van der Waals surface area contributed by atoms with E-state index >= 15 is 0 Å². The van der Waals surface area contributed by atoms with E-state index in [4.69, 9.17) is 16.3 Å². The summed E-state index contributed by atoms with van der Waals surface area (Å²) in [5.74, 6) is 0.533. The minimum atomic E-state index is -0.497. The quantitative estimate of drug-likeness (QED) is 0.606. The fraction of sp³-hybridized carbons (Fsp3) is 0.611. The van der Waals surface area contributed by atoms with E-state index in [1.54, 1.807) is 10.7 Å². The van der Waals surface area contributed by atoms with Gasteiger partial charge in [0.1, 0.15) is 10.8 Å².